The van der Waals surface area contributed by atoms with E-state index in [1.807, 2.05) is 6.07 Å². The second kappa shape index (κ2) is 13.3. The number of aryl methyl sites for hydroxylation is 1. The van der Waals surface area contributed by atoms with Gasteiger partial charge in [0.1, 0.15) is 5.75 Å². The lowest BCUT2D eigenvalue weighted by atomic mass is 9.91. The second-order valence-corrected chi connectivity index (χ2v) is 7.24. The molecule has 0 aliphatic rings. The summed E-state index contributed by atoms with van der Waals surface area (Å²) in [6.45, 7) is 6.73. The smallest absolute Gasteiger partial charge is 0.119 e. The lowest BCUT2D eigenvalue weighted by molar-refractivity contribution is 0.464. The van der Waals surface area contributed by atoms with E-state index in [-0.39, 0.29) is 0 Å². The maximum absolute atomic E-state index is 10.3. The van der Waals surface area contributed by atoms with E-state index < -0.39 is 0 Å². The van der Waals surface area contributed by atoms with Crippen molar-refractivity contribution >= 4 is 0 Å². The maximum Gasteiger partial charge on any atom is 0.119 e. The van der Waals surface area contributed by atoms with E-state index in [1.54, 1.807) is 0 Å². The van der Waals surface area contributed by atoms with Crippen molar-refractivity contribution in [1.82, 2.24) is 0 Å². The normalized spacial score (nSPS) is 11.1. The van der Waals surface area contributed by atoms with Gasteiger partial charge in [-0.05, 0) is 48.4 Å². The molecule has 0 bridgehead atoms. The fourth-order valence-electron chi connectivity index (χ4n) is 3.69. The molecule has 1 heteroatoms. The Labute approximate surface area is 150 Å². The fraction of sp³-hybridized carbons (Fsp3) is 0.739. The molecule has 0 atom stereocenters. The van der Waals surface area contributed by atoms with Crippen LogP contribution in [0.2, 0.25) is 0 Å². The van der Waals surface area contributed by atoms with Crippen molar-refractivity contribution in [2.45, 2.75) is 111 Å². The first-order chi connectivity index (χ1) is 11.7. The number of hydrogen-bond acceptors (Lipinski definition) is 1. The van der Waals surface area contributed by atoms with Crippen molar-refractivity contribution in [3.63, 3.8) is 0 Å². The fourth-order valence-corrected chi connectivity index (χ4v) is 3.69. The molecule has 1 rings (SSSR count). The Morgan fingerprint density at radius 3 is 1.75 bits per heavy atom. The van der Waals surface area contributed by atoms with Gasteiger partial charge in [0.15, 0.2) is 0 Å². The van der Waals surface area contributed by atoms with Gasteiger partial charge in [0, 0.05) is 0 Å². The van der Waals surface area contributed by atoms with Gasteiger partial charge in [-0.25, -0.2) is 0 Å². The third-order valence-corrected chi connectivity index (χ3v) is 5.16. The molecule has 0 saturated carbocycles. The Balaban J connectivity index is 2.29. The van der Waals surface area contributed by atoms with E-state index >= 15 is 0 Å². The van der Waals surface area contributed by atoms with Gasteiger partial charge in [-0.2, -0.15) is 0 Å². The van der Waals surface area contributed by atoms with E-state index in [4.69, 9.17) is 0 Å². The van der Waals surface area contributed by atoms with Crippen LogP contribution in [0.4, 0.5) is 0 Å². The minimum Gasteiger partial charge on any atom is -0.508 e. The molecule has 0 spiro atoms. The summed E-state index contributed by atoms with van der Waals surface area (Å²) >= 11 is 0. The van der Waals surface area contributed by atoms with Gasteiger partial charge in [0.05, 0.1) is 0 Å². The lowest BCUT2D eigenvalue weighted by Gasteiger charge is -2.15. The Morgan fingerprint density at radius 2 is 1.21 bits per heavy atom. The van der Waals surface area contributed by atoms with E-state index in [0.29, 0.717) is 5.75 Å². The first-order valence-electron chi connectivity index (χ1n) is 10.6. The van der Waals surface area contributed by atoms with Crippen LogP contribution in [0.5, 0.6) is 5.75 Å². The third-order valence-electron chi connectivity index (χ3n) is 5.16. The van der Waals surface area contributed by atoms with Gasteiger partial charge < -0.3 is 5.11 Å². The average molecular weight is 333 g/mol. The Hall–Kier alpha value is -0.980. The van der Waals surface area contributed by atoms with Crippen LogP contribution in [0.25, 0.3) is 0 Å². The Morgan fingerprint density at radius 1 is 0.625 bits per heavy atom. The number of rotatable bonds is 14. The van der Waals surface area contributed by atoms with E-state index in [2.05, 4.69) is 26.8 Å². The highest BCUT2D eigenvalue weighted by Crippen LogP contribution is 2.28. The number of phenolic OH excluding ortho intramolecular Hbond substituents is 1. The monoisotopic (exact) mass is 332 g/mol. The molecule has 1 aromatic carbocycles. The summed E-state index contributed by atoms with van der Waals surface area (Å²) in [7, 11) is 0. The molecule has 0 heterocycles. The summed E-state index contributed by atoms with van der Waals surface area (Å²) in [5.74, 6) is 0.520. The van der Waals surface area contributed by atoms with Crippen molar-refractivity contribution in [1.29, 1.82) is 0 Å². The summed E-state index contributed by atoms with van der Waals surface area (Å²) in [6.07, 6.45) is 18.0. The predicted octanol–water partition coefficient (Wildman–Crippen LogP) is 7.37. The van der Waals surface area contributed by atoms with E-state index in [0.717, 1.165) is 25.7 Å². The maximum atomic E-state index is 10.3. The molecule has 138 valence electrons. The number of benzene rings is 1. The topological polar surface area (TPSA) is 20.2 Å². The highest BCUT2D eigenvalue weighted by Gasteiger charge is 2.11. The van der Waals surface area contributed by atoms with E-state index in [9.17, 15) is 5.11 Å². The first-order valence-corrected chi connectivity index (χ1v) is 10.6. The minimum atomic E-state index is 0.520. The zero-order chi connectivity index (χ0) is 17.6. The second-order valence-electron chi connectivity index (χ2n) is 7.24. The predicted molar refractivity (Wildman–Crippen MR) is 107 cm³/mol. The van der Waals surface area contributed by atoms with E-state index in [1.165, 1.54) is 80.9 Å². The van der Waals surface area contributed by atoms with Crippen LogP contribution in [0, 0.1) is 0 Å². The number of unbranched alkanes of at least 4 members (excludes halogenated alkanes) is 9. The molecule has 0 aliphatic carbocycles. The quantitative estimate of drug-likeness (QED) is 0.352. The number of aromatic hydroxyl groups is 1. The Bertz CT molecular complexity index is 436. The van der Waals surface area contributed by atoms with Crippen LogP contribution in [0.3, 0.4) is 0 Å². The molecular formula is C23H40O. The molecule has 0 aliphatic heterocycles. The van der Waals surface area contributed by atoms with Crippen LogP contribution in [-0.4, -0.2) is 5.11 Å². The first kappa shape index (κ1) is 21.1. The van der Waals surface area contributed by atoms with Gasteiger partial charge in [0.2, 0.25) is 0 Å². The summed E-state index contributed by atoms with van der Waals surface area (Å²) in [5.41, 5.74) is 4.09. The SMILES string of the molecule is CCCCCCCCCCCCc1c(O)ccc(CC)c1CCC. The standard InChI is InChI=1S/C23H40O/c1-4-7-8-9-10-11-12-13-14-15-17-22-21(16-5-2)20(6-3)18-19-23(22)24/h18-19,24H,4-17H2,1-3H3. The number of hydrogen-bond donors (Lipinski definition) is 1. The highest BCUT2D eigenvalue weighted by molar-refractivity contribution is 5.44. The van der Waals surface area contributed by atoms with Crippen LogP contribution in [0.15, 0.2) is 12.1 Å². The van der Waals surface area contributed by atoms with Crippen LogP contribution >= 0.6 is 0 Å². The molecule has 0 radical (unpaired) electrons. The van der Waals surface area contributed by atoms with Gasteiger partial charge >= 0.3 is 0 Å². The summed E-state index contributed by atoms with van der Waals surface area (Å²) in [5, 5.41) is 10.3. The molecule has 1 nitrogen and oxygen atoms in total. The molecule has 0 unspecified atom stereocenters. The van der Waals surface area contributed by atoms with Gasteiger partial charge in [-0.3, -0.25) is 0 Å². The zero-order valence-corrected chi connectivity index (χ0v) is 16.5. The van der Waals surface area contributed by atoms with Gasteiger partial charge in [0.25, 0.3) is 0 Å². The van der Waals surface area contributed by atoms with Crippen LogP contribution in [0.1, 0.15) is 108 Å². The molecule has 0 saturated heterocycles. The molecule has 0 amide bonds. The molecule has 24 heavy (non-hydrogen) atoms. The van der Waals surface area contributed by atoms with Crippen molar-refractivity contribution in [3.05, 3.63) is 28.8 Å². The Kier molecular flexibility index (Phi) is 11.7. The van der Waals surface area contributed by atoms with Crippen molar-refractivity contribution in [3.8, 4) is 5.75 Å². The zero-order valence-electron chi connectivity index (χ0n) is 16.5. The number of phenols is 1. The van der Waals surface area contributed by atoms with Crippen LogP contribution in [-0.2, 0) is 19.3 Å². The van der Waals surface area contributed by atoms with Crippen molar-refractivity contribution in [2.75, 3.05) is 0 Å². The molecule has 0 aromatic heterocycles. The largest absolute Gasteiger partial charge is 0.508 e. The third kappa shape index (κ3) is 7.73. The van der Waals surface area contributed by atoms with Gasteiger partial charge in [-0.15, -0.1) is 0 Å². The molecule has 0 fully saturated rings. The molecule has 1 aromatic rings. The van der Waals surface area contributed by atoms with Gasteiger partial charge in [-0.1, -0.05) is 91.0 Å². The van der Waals surface area contributed by atoms with Crippen molar-refractivity contribution < 1.29 is 5.11 Å². The highest BCUT2D eigenvalue weighted by atomic mass is 16.3. The van der Waals surface area contributed by atoms with Crippen molar-refractivity contribution in [2.24, 2.45) is 0 Å². The minimum absolute atomic E-state index is 0.520. The summed E-state index contributed by atoms with van der Waals surface area (Å²) in [6, 6.07) is 4.02. The summed E-state index contributed by atoms with van der Waals surface area (Å²) in [4.78, 5) is 0. The molecular weight excluding hydrogens is 292 g/mol. The lowest BCUT2D eigenvalue weighted by Crippen LogP contribution is -2.00. The van der Waals surface area contributed by atoms with Crippen LogP contribution < -0.4 is 0 Å². The molecule has 1 N–H and O–H groups in total. The average Bonchev–Trinajstić information content (AvgIpc) is 2.59. The summed E-state index contributed by atoms with van der Waals surface area (Å²) < 4.78 is 0.